The Bertz CT molecular complexity index is 583. The summed E-state index contributed by atoms with van der Waals surface area (Å²) in [5.74, 6) is 0. The van der Waals surface area contributed by atoms with Gasteiger partial charge in [-0.1, -0.05) is 13.2 Å². The zero-order valence-electron chi connectivity index (χ0n) is 16.6. The predicted molar refractivity (Wildman–Crippen MR) is 52.8 cm³/mol. The Morgan fingerprint density at radius 1 is 1.62 bits per heavy atom. The van der Waals surface area contributed by atoms with Gasteiger partial charge in [0.25, 0.3) is 0 Å². The van der Waals surface area contributed by atoms with Crippen LogP contribution in [0.15, 0.2) is 12.4 Å². The third-order valence-corrected chi connectivity index (χ3v) is 1.45. The van der Waals surface area contributed by atoms with Crippen LogP contribution in [0.1, 0.15) is 38.1 Å². The Labute approximate surface area is 92.6 Å². The van der Waals surface area contributed by atoms with Gasteiger partial charge in [0.1, 0.15) is 0 Å². The maximum absolute atomic E-state index is 9.26. The Hall–Kier alpha value is -0.865. The summed E-state index contributed by atoms with van der Waals surface area (Å²) in [7, 11) is -2.30. The van der Waals surface area contributed by atoms with Crippen LogP contribution < -0.4 is 5.46 Å². The molecule has 0 spiro atoms. The first kappa shape index (κ1) is 3.07. The van der Waals surface area contributed by atoms with Crippen molar-refractivity contribution in [3.63, 3.8) is 0 Å². The molecule has 0 amide bonds. The number of hydrogen-bond donors (Lipinski definition) is 2. The molecule has 2 N–H and O–H groups in total. The van der Waals surface area contributed by atoms with Crippen LogP contribution in [0.4, 0.5) is 0 Å². The van der Waals surface area contributed by atoms with Crippen molar-refractivity contribution in [1.29, 1.82) is 0 Å². The van der Waals surface area contributed by atoms with Crippen LogP contribution in [-0.4, -0.2) is 22.2 Å². The molecule has 0 aliphatic heterocycles. The fourth-order valence-corrected chi connectivity index (χ4v) is 0.835. The van der Waals surface area contributed by atoms with E-state index in [0.717, 1.165) is 6.20 Å². The monoisotopic (exact) mass is 189 g/mol. The molecular formula is C9H14BNO2. The highest BCUT2D eigenvalue weighted by Crippen LogP contribution is 2.06. The molecule has 1 aromatic heterocycles. The average molecular weight is 189 g/mol. The first-order valence-electron chi connectivity index (χ1n) is 8.40. The van der Waals surface area contributed by atoms with E-state index in [-0.39, 0.29) is 0 Å². The highest BCUT2D eigenvalue weighted by atomic mass is 16.4. The zero-order chi connectivity index (χ0) is 18.4. The van der Waals surface area contributed by atoms with Crippen LogP contribution in [0, 0.1) is 6.85 Å². The topological polar surface area (TPSA) is 53.4 Å². The maximum Gasteiger partial charge on any atom is 0.490 e. The van der Waals surface area contributed by atoms with Crippen molar-refractivity contribution >= 4 is 12.6 Å². The third-order valence-electron chi connectivity index (χ3n) is 1.45. The molecule has 70 valence electrons. The zero-order valence-corrected chi connectivity index (χ0v) is 6.57. The smallest absolute Gasteiger partial charge is 0.423 e. The first-order valence-corrected chi connectivity index (χ1v) is 3.40. The molecule has 0 aliphatic rings. The van der Waals surface area contributed by atoms with Crippen molar-refractivity contribution in [3.05, 3.63) is 23.5 Å². The number of pyridine rings is 1. The highest BCUT2D eigenvalue weighted by Gasteiger charge is 2.15. The summed E-state index contributed by atoms with van der Waals surface area (Å²) in [4.78, 5) is 3.48. The largest absolute Gasteiger partial charge is 0.490 e. The van der Waals surface area contributed by atoms with Gasteiger partial charge in [0.2, 0.25) is 0 Å². The lowest BCUT2D eigenvalue weighted by atomic mass is 9.77. The summed E-state index contributed by atoms with van der Waals surface area (Å²) in [6.45, 7) is -6.44. The summed E-state index contributed by atoms with van der Waals surface area (Å²) in [6, 6.07) is 0. The molecule has 0 radical (unpaired) electrons. The van der Waals surface area contributed by atoms with Gasteiger partial charge in [-0.3, -0.25) is 4.98 Å². The predicted octanol–water partition coefficient (Wildman–Crippen LogP) is 0.0223. The fourth-order valence-electron chi connectivity index (χ4n) is 0.835. The molecule has 0 saturated heterocycles. The number of aromatic nitrogens is 1. The molecule has 0 aliphatic carbocycles. The lowest BCUT2D eigenvalue weighted by Gasteiger charge is -2.08. The Balaban J connectivity index is 3.76. The number of aryl methyl sites for hydroxylation is 1. The van der Waals surface area contributed by atoms with Crippen LogP contribution in [0.5, 0.6) is 0 Å². The van der Waals surface area contributed by atoms with Crippen molar-refractivity contribution < 1.29 is 23.8 Å². The van der Waals surface area contributed by atoms with E-state index in [1.165, 1.54) is 0 Å². The number of nitrogens with zero attached hydrogens (tertiary/aromatic N) is 1. The van der Waals surface area contributed by atoms with Gasteiger partial charge >= 0.3 is 7.12 Å². The molecule has 1 aromatic rings. The van der Waals surface area contributed by atoms with E-state index in [1.54, 1.807) is 0 Å². The van der Waals surface area contributed by atoms with Crippen LogP contribution in [0.3, 0.4) is 0 Å². The summed E-state index contributed by atoms with van der Waals surface area (Å²) in [5, 5.41) is 18.5. The number of rotatable bonds is 3. The standard InChI is InChI=1S/C9H14BNO2/c1-3-4-8-5-11-6-9(7(8)2)10(12)13/h5-6,12-13H,3-4H2,1-2H3/i1D3,2D3,3D2,4D2. The summed E-state index contributed by atoms with van der Waals surface area (Å²) in [5.41, 5.74) is -2.39. The van der Waals surface area contributed by atoms with E-state index in [1.807, 2.05) is 0 Å². The third kappa shape index (κ3) is 2.29. The minimum absolute atomic E-state index is 0.646. The number of hydrogen-bond acceptors (Lipinski definition) is 3. The van der Waals surface area contributed by atoms with Gasteiger partial charge in [0.05, 0.1) is 0 Å². The summed E-state index contributed by atoms with van der Waals surface area (Å²) < 4.78 is 74.7. The lowest BCUT2D eigenvalue weighted by molar-refractivity contribution is 0.425. The van der Waals surface area contributed by atoms with Crippen molar-refractivity contribution in [1.82, 2.24) is 4.98 Å². The van der Waals surface area contributed by atoms with E-state index in [0.29, 0.717) is 6.20 Å². The average Bonchev–Trinajstić information content (AvgIpc) is 2.35. The minimum Gasteiger partial charge on any atom is -0.423 e. The van der Waals surface area contributed by atoms with E-state index in [9.17, 15) is 10.0 Å². The van der Waals surface area contributed by atoms with Crippen molar-refractivity contribution in [2.45, 2.75) is 26.4 Å². The van der Waals surface area contributed by atoms with Gasteiger partial charge in [-0.2, -0.15) is 0 Å². The van der Waals surface area contributed by atoms with E-state index < -0.39 is 50.2 Å². The van der Waals surface area contributed by atoms with Gasteiger partial charge in [-0.05, 0) is 24.4 Å². The molecule has 1 rings (SSSR count). The van der Waals surface area contributed by atoms with E-state index in [4.69, 9.17) is 13.7 Å². The molecule has 0 fully saturated rings. The summed E-state index contributed by atoms with van der Waals surface area (Å²) >= 11 is 0. The Morgan fingerprint density at radius 3 is 3.08 bits per heavy atom. The lowest BCUT2D eigenvalue weighted by Crippen LogP contribution is -2.33. The van der Waals surface area contributed by atoms with Crippen LogP contribution in [-0.2, 0) is 6.37 Å². The second kappa shape index (κ2) is 4.39. The Morgan fingerprint density at radius 2 is 2.46 bits per heavy atom. The van der Waals surface area contributed by atoms with Gasteiger partial charge < -0.3 is 10.0 Å². The molecule has 0 atom stereocenters. The molecule has 4 heteroatoms. The second-order valence-corrected chi connectivity index (χ2v) is 2.27. The quantitative estimate of drug-likeness (QED) is 0.659. The molecule has 3 nitrogen and oxygen atoms in total. The van der Waals surface area contributed by atoms with E-state index in [2.05, 4.69) is 4.98 Å². The van der Waals surface area contributed by atoms with Crippen molar-refractivity contribution in [3.8, 4) is 0 Å². The van der Waals surface area contributed by atoms with Crippen molar-refractivity contribution in [2.24, 2.45) is 0 Å². The van der Waals surface area contributed by atoms with Gasteiger partial charge in [-0.25, -0.2) is 0 Å². The molecule has 1 heterocycles. The van der Waals surface area contributed by atoms with Gasteiger partial charge in [-0.15, -0.1) is 0 Å². The molecule has 0 saturated carbocycles. The second-order valence-electron chi connectivity index (χ2n) is 2.27. The molecule has 0 unspecified atom stereocenters. The van der Waals surface area contributed by atoms with E-state index >= 15 is 0 Å². The van der Waals surface area contributed by atoms with Crippen LogP contribution >= 0.6 is 0 Å². The molecule has 0 bridgehead atoms. The maximum atomic E-state index is 9.26. The van der Waals surface area contributed by atoms with Crippen LogP contribution in [0.2, 0.25) is 0 Å². The fraction of sp³-hybridized carbons (Fsp3) is 0.444. The molecule has 0 aromatic carbocycles. The van der Waals surface area contributed by atoms with Gasteiger partial charge in [0.15, 0.2) is 0 Å². The van der Waals surface area contributed by atoms with Crippen LogP contribution in [0.25, 0.3) is 0 Å². The highest BCUT2D eigenvalue weighted by molar-refractivity contribution is 6.59. The van der Waals surface area contributed by atoms with Crippen molar-refractivity contribution in [2.75, 3.05) is 0 Å². The molecule has 13 heavy (non-hydrogen) atoms. The first-order chi connectivity index (χ1) is 10.0. The SMILES string of the molecule is [2H]C([2H])([2H])c1c(B(O)O)cncc1C([2H])([2H])C([2H])([2H])C([2H])([2H])[2H]. The van der Waals surface area contributed by atoms with Gasteiger partial charge in [0, 0.05) is 31.6 Å². The minimum atomic E-state index is -3.44. The summed E-state index contributed by atoms with van der Waals surface area (Å²) in [6.07, 6.45) is -5.26. The Kier molecular flexibility index (Phi) is 1.04. The molecular weight excluding hydrogens is 165 g/mol. The normalized spacial score (nSPS) is 25.7.